The number of hydrogen-bond acceptors (Lipinski definition) is 6. The van der Waals surface area contributed by atoms with E-state index in [-0.39, 0.29) is 22.8 Å². The molecule has 35 heavy (non-hydrogen) atoms. The molecule has 0 radical (unpaired) electrons. The van der Waals surface area contributed by atoms with E-state index in [1.807, 2.05) is 18.2 Å². The third kappa shape index (κ3) is 5.01. The number of aliphatic hydroxyl groups is 1. The topological polar surface area (TPSA) is 89.9 Å². The average Bonchev–Trinajstić information content (AvgIpc) is 2.73. The maximum absolute atomic E-state index is 13.6. The van der Waals surface area contributed by atoms with Crippen molar-refractivity contribution in [3.8, 4) is 5.75 Å². The molecular weight excluding hydrogens is 476 g/mol. The Balaban J connectivity index is 2.07. The van der Waals surface area contributed by atoms with E-state index in [0.29, 0.717) is 17.2 Å². The van der Waals surface area contributed by atoms with Gasteiger partial charge in [0.25, 0.3) is 8.32 Å². The van der Waals surface area contributed by atoms with Gasteiger partial charge in [-0.05, 0) is 47.8 Å². The molecule has 2 aromatic rings. The summed E-state index contributed by atoms with van der Waals surface area (Å²) >= 11 is 0. The number of carbonyl (C=O) groups is 3. The van der Waals surface area contributed by atoms with E-state index in [1.54, 1.807) is 12.1 Å². The number of ether oxygens (including phenoxy) is 1. The van der Waals surface area contributed by atoms with Gasteiger partial charge in [-0.3, -0.25) is 9.59 Å². The van der Waals surface area contributed by atoms with Crippen LogP contribution in [0, 0.1) is 5.92 Å². The highest BCUT2D eigenvalue weighted by molar-refractivity contribution is 6.76. The van der Waals surface area contributed by atoms with Crippen LogP contribution in [0.3, 0.4) is 0 Å². The lowest BCUT2D eigenvalue weighted by Crippen LogP contribution is -2.58. The third-order valence-corrected chi connectivity index (χ3v) is 13.5. The minimum absolute atomic E-state index is 0.0246. The van der Waals surface area contributed by atoms with Crippen LogP contribution in [0.1, 0.15) is 48.4 Å². The van der Waals surface area contributed by atoms with Crippen molar-refractivity contribution in [1.82, 2.24) is 0 Å². The second-order valence-electron chi connectivity index (χ2n) is 12.4. The summed E-state index contributed by atoms with van der Waals surface area (Å²) < 4.78 is 11.9. The fourth-order valence-corrected chi connectivity index (χ4v) is 5.61. The summed E-state index contributed by atoms with van der Waals surface area (Å²) in [5, 5.41) is 12.7. The Morgan fingerprint density at radius 3 is 2.26 bits per heavy atom. The first-order chi connectivity index (χ1) is 15.9. The van der Waals surface area contributed by atoms with Gasteiger partial charge in [0, 0.05) is 24.6 Å². The minimum atomic E-state index is -2.55. The second kappa shape index (κ2) is 8.98. The van der Waals surface area contributed by atoms with Gasteiger partial charge >= 0.3 is 5.97 Å². The van der Waals surface area contributed by atoms with Crippen molar-refractivity contribution in [2.24, 2.45) is 5.92 Å². The van der Waals surface area contributed by atoms with E-state index in [0.717, 1.165) is 5.39 Å². The number of benzene rings is 2. The highest BCUT2D eigenvalue weighted by Gasteiger charge is 2.57. The summed E-state index contributed by atoms with van der Waals surface area (Å²) in [4.78, 5) is 39.8. The predicted octanol–water partition coefficient (Wildman–Crippen LogP) is 5.85. The second-order valence-corrected chi connectivity index (χ2v) is 22.7. The van der Waals surface area contributed by atoms with Gasteiger partial charge in [-0.1, -0.05) is 59.5 Å². The van der Waals surface area contributed by atoms with E-state index >= 15 is 0 Å². The van der Waals surface area contributed by atoms with Gasteiger partial charge in [0.2, 0.25) is 11.4 Å². The van der Waals surface area contributed by atoms with Crippen molar-refractivity contribution in [2.45, 2.75) is 77.1 Å². The number of ketones is 2. The Hall–Kier alpha value is -2.30. The van der Waals surface area contributed by atoms with E-state index in [1.165, 1.54) is 6.92 Å². The van der Waals surface area contributed by atoms with Crippen LogP contribution >= 0.6 is 0 Å². The lowest BCUT2D eigenvalue weighted by molar-refractivity contribution is -0.162. The fourth-order valence-electron chi connectivity index (χ4n) is 3.86. The number of carbonyl (C=O) groups excluding carboxylic acids is 3. The molecule has 3 rings (SSSR count). The lowest BCUT2D eigenvalue weighted by atomic mass is 9.71. The van der Waals surface area contributed by atoms with Gasteiger partial charge in [-0.15, -0.1) is 0 Å². The summed E-state index contributed by atoms with van der Waals surface area (Å²) in [7, 11) is -3.68. The zero-order valence-electron chi connectivity index (χ0n) is 22.4. The molecule has 0 aromatic heterocycles. The largest absolute Gasteiger partial charge is 0.543 e. The Kier molecular flexibility index (Phi) is 7.00. The molecule has 0 saturated heterocycles. The Morgan fingerprint density at radius 2 is 1.69 bits per heavy atom. The van der Waals surface area contributed by atoms with E-state index in [4.69, 9.17) is 9.16 Å². The van der Waals surface area contributed by atoms with Gasteiger partial charge in [-0.2, -0.15) is 0 Å². The Bertz CT molecular complexity index is 1190. The standard InChI is InChI=1S/C27H38O6Si2/c1-17-23(28)20-15-18-11-10-12-22(33-35(8,9)26(2,3)4)19(18)16-21(20)24(29)27(17,31)25(30)32-13-14-34(5,6)7/h10-12,15-17,31H,13-14H2,1-9H3/t17-,27+/m0/s1. The van der Waals surface area contributed by atoms with Crippen molar-refractivity contribution >= 4 is 44.7 Å². The average molecular weight is 515 g/mol. The van der Waals surface area contributed by atoms with E-state index in [2.05, 4.69) is 53.5 Å². The first kappa shape index (κ1) is 27.3. The predicted molar refractivity (Wildman–Crippen MR) is 144 cm³/mol. The maximum atomic E-state index is 13.6. The molecule has 1 aliphatic rings. The Labute approximate surface area is 210 Å². The molecule has 0 amide bonds. The van der Waals surface area contributed by atoms with Crippen molar-refractivity contribution in [3.05, 3.63) is 41.5 Å². The van der Waals surface area contributed by atoms with Crippen molar-refractivity contribution < 1.29 is 28.7 Å². The number of rotatable bonds is 6. The molecular formula is C27H38O6Si2. The van der Waals surface area contributed by atoms with Crippen molar-refractivity contribution in [2.75, 3.05) is 6.61 Å². The van der Waals surface area contributed by atoms with Gasteiger partial charge in [0.15, 0.2) is 5.78 Å². The summed E-state index contributed by atoms with van der Waals surface area (Å²) in [6.07, 6.45) is 0. The van der Waals surface area contributed by atoms with Crippen LogP contribution in [0.25, 0.3) is 10.8 Å². The van der Waals surface area contributed by atoms with Gasteiger partial charge < -0.3 is 14.3 Å². The van der Waals surface area contributed by atoms with Gasteiger partial charge in [-0.25, -0.2) is 4.79 Å². The quantitative estimate of drug-likeness (QED) is 0.295. The van der Waals surface area contributed by atoms with Gasteiger partial charge in [0.05, 0.1) is 12.5 Å². The van der Waals surface area contributed by atoms with E-state index in [9.17, 15) is 19.5 Å². The smallest absolute Gasteiger partial charge is 0.347 e. The van der Waals surface area contributed by atoms with E-state index < -0.39 is 45.4 Å². The van der Waals surface area contributed by atoms with Crippen LogP contribution in [-0.4, -0.2) is 51.2 Å². The number of fused-ring (bicyclic) bond motifs is 2. The number of hydrogen-bond donors (Lipinski definition) is 1. The molecule has 2 atom stereocenters. The first-order valence-corrected chi connectivity index (χ1v) is 18.8. The molecule has 2 aromatic carbocycles. The molecule has 0 spiro atoms. The van der Waals surface area contributed by atoms with Crippen LogP contribution in [0.5, 0.6) is 5.75 Å². The summed E-state index contributed by atoms with van der Waals surface area (Å²) in [6.45, 7) is 18.6. The zero-order valence-corrected chi connectivity index (χ0v) is 24.4. The lowest BCUT2D eigenvalue weighted by Gasteiger charge is -2.37. The molecule has 6 nitrogen and oxygen atoms in total. The summed E-state index contributed by atoms with van der Waals surface area (Å²) in [5.41, 5.74) is -2.32. The first-order valence-electron chi connectivity index (χ1n) is 12.1. The SMILES string of the molecule is C[C@H]1C(=O)c2cc3cccc(O[Si](C)(C)C(C)(C)C)c3cc2C(=O)[C@@]1(O)C(=O)OCC[Si](C)(C)C. The maximum Gasteiger partial charge on any atom is 0.347 e. The van der Waals surface area contributed by atoms with Crippen LogP contribution in [0.2, 0.25) is 43.8 Å². The van der Waals surface area contributed by atoms with Gasteiger partial charge in [0.1, 0.15) is 5.75 Å². The van der Waals surface area contributed by atoms with Crippen molar-refractivity contribution in [3.63, 3.8) is 0 Å². The number of Topliss-reactive ketones (excluding diaryl/α,β-unsaturated/α-hetero) is 2. The Morgan fingerprint density at radius 1 is 1.06 bits per heavy atom. The highest BCUT2D eigenvalue weighted by atomic mass is 28.4. The fraction of sp³-hybridized carbons (Fsp3) is 0.519. The van der Waals surface area contributed by atoms with Crippen LogP contribution in [0.15, 0.2) is 30.3 Å². The summed E-state index contributed by atoms with van der Waals surface area (Å²) in [6, 6.07) is 9.52. The molecule has 1 N–H and O–H groups in total. The molecule has 0 heterocycles. The molecule has 0 fully saturated rings. The summed E-state index contributed by atoms with van der Waals surface area (Å²) in [5.74, 6) is -2.94. The van der Waals surface area contributed by atoms with Crippen LogP contribution in [0.4, 0.5) is 0 Å². The molecule has 0 unspecified atom stereocenters. The van der Waals surface area contributed by atoms with Crippen molar-refractivity contribution in [1.29, 1.82) is 0 Å². The molecule has 1 aliphatic carbocycles. The number of esters is 1. The third-order valence-electron chi connectivity index (χ3n) is 7.42. The normalized spacial score (nSPS) is 21.1. The molecule has 0 bridgehead atoms. The molecule has 190 valence electrons. The monoisotopic (exact) mass is 514 g/mol. The molecule has 8 heteroatoms. The van der Waals surface area contributed by atoms with Crippen LogP contribution in [-0.2, 0) is 9.53 Å². The highest BCUT2D eigenvalue weighted by Crippen LogP contribution is 2.41. The zero-order chi connectivity index (χ0) is 26.6. The minimum Gasteiger partial charge on any atom is -0.543 e. The van der Waals surface area contributed by atoms with Crippen LogP contribution < -0.4 is 4.43 Å². The molecule has 0 saturated carbocycles. The molecule has 0 aliphatic heterocycles.